The number of H-pyrrole nitrogens is 1. The van der Waals surface area contributed by atoms with Gasteiger partial charge in [0.15, 0.2) is 0 Å². The Balaban J connectivity index is 1.54. The molecular weight excluding hydrogens is 326 g/mol. The highest BCUT2D eigenvalue weighted by Gasteiger charge is 2.25. The number of thiophene rings is 1. The van der Waals surface area contributed by atoms with Gasteiger partial charge in [-0.15, -0.1) is 16.4 Å². The quantitative estimate of drug-likeness (QED) is 0.794. The summed E-state index contributed by atoms with van der Waals surface area (Å²) in [6.45, 7) is 1.71. The number of rotatable bonds is 4. The minimum Gasteiger partial charge on any atom is -0.465 e. The second kappa shape index (κ2) is 6.53. The molecule has 0 aromatic carbocycles. The van der Waals surface area contributed by atoms with Gasteiger partial charge in [0.25, 0.3) is 0 Å². The van der Waals surface area contributed by atoms with Gasteiger partial charge in [0.1, 0.15) is 5.82 Å². The molecule has 3 rings (SSSR count). The summed E-state index contributed by atoms with van der Waals surface area (Å²) in [4.78, 5) is 17.9. The van der Waals surface area contributed by atoms with Crippen molar-refractivity contribution < 1.29 is 9.90 Å². The third-order valence-electron chi connectivity index (χ3n) is 3.70. The molecule has 0 spiro atoms. The van der Waals surface area contributed by atoms with Crippen LogP contribution in [0.2, 0.25) is 4.34 Å². The summed E-state index contributed by atoms with van der Waals surface area (Å²) < 4.78 is 0.762. The van der Waals surface area contributed by atoms with E-state index in [4.69, 9.17) is 16.7 Å². The molecule has 0 aliphatic carbocycles. The number of nitrogens with one attached hydrogen (secondary N) is 2. The van der Waals surface area contributed by atoms with Crippen molar-refractivity contribution in [1.29, 1.82) is 0 Å². The van der Waals surface area contributed by atoms with Gasteiger partial charge in [-0.2, -0.15) is 4.98 Å². The molecule has 3 N–H and O–H groups in total. The lowest BCUT2D eigenvalue weighted by Gasteiger charge is -2.28. The molecule has 1 amide bonds. The number of anilines is 1. The molecule has 0 saturated carbocycles. The molecule has 22 heavy (non-hydrogen) atoms. The number of aromatic amines is 1. The zero-order chi connectivity index (χ0) is 15.5. The maximum atomic E-state index is 10.9. The summed E-state index contributed by atoms with van der Waals surface area (Å²) in [6.07, 6.45) is 0.677. The lowest BCUT2D eigenvalue weighted by Crippen LogP contribution is -2.37. The predicted molar refractivity (Wildman–Crippen MR) is 84.6 cm³/mol. The monoisotopic (exact) mass is 341 g/mol. The van der Waals surface area contributed by atoms with Gasteiger partial charge in [-0.1, -0.05) is 11.6 Å². The number of carboxylic acid groups (broad SMARTS) is 1. The number of aromatic nitrogens is 3. The zero-order valence-electron chi connectivity index (χ0n) is 11.8. The molecule has 1 aliphatic heterocycles. The smallest absolute Gasteiger partial charge is 0.407 e. The molecule has 2 aromatic heterocycles. The van der Waals surface area contributed by atoms with Crippen LogP contribution in [0.15, 0.2) is 12.1 Å². The predicted octanol–water partition coefficient (Wildman–Crippen LogP) is 2.99. The average Bonchev–Trinajstić information content (AvgIpc) is 3.14. The van der Waals surface area contributed by atoms with Crippen molar-refractivity contribution in [2.75, 3.05) is 18.4 Å². The summed E-state index contributed by atoms with van der Waals surface area (Å²) in [5, 5.41) is 19.2. The Labute approximate surface area is 136 Å². The van der Waals surface area contributed by atoms with Gasteiger partial charge < -0.3 is 15.3 Å². The van der Waals surface area contributed by atoms with Crippen molar-refractivity contribution in [3.63, 3.8) is 0 Å². The van der Waals surface area contributed by atoms with Crippen LogP contribution in [0.1, 0.15) is 29.5 Å². The van der Waals surface area contributed by atoms with Crippen molar-refractivity contribution in [3.8, 4) is 0 Å². The molecule has 0 bridgehead atoms. The highest BCUT2D eigenvalue weighted by molar-refractivity contribution is 7.16. The van der Waals surface area contributed by atoms with E-state index < -0.39 is 6.09 Å². The van der Waals surface area contributed by atoms with Crippen LogP contribution in [-0.4, -0.2) is 44.4 Å². The van der Waals surface area contributed by atoms with Gasteiger partial charge in [-0.25, -0.2) is 4.79 Å². The van der Waals surface area contributed by atoms with Crippen LogP contribution in [0.25, 0.3) is 0 Å². The number of nitrogens with zero attached hydrogens (tertiary/aromatic N) is 3. The fourth-order valence-corrected chi connectivity index (χ4v) is 3.52. The lowest BCUT2D eigenvalue weighted by atomic mass is 9.96. The summed E-state index contributed by atoms with van der Waals surface area (Å²) in [7, 11) is 0. The molecule has 7 nitrogen and oxygen atoms in total. The summed E-state index contributed by atoms with van der Waals surface area (Å²) in [6, 6.07) is 3.83. The van der Waals surface area contributed by atoms with Gasteiger partial charge >= 0.3 is 6.09 Å². The van der Waals surface area contributed by atoms with Crippen molar-refractivity contribution in [3.05, 3.63) is 27.2 Å². The number of likely N-dealkylation sites (tertiary alicyclic amines) is 1. The van der Waals surface area contributed by atoms with Crippen LogP contribution in [0.5, 0.6) is 0 Å². The summed E-state index contributed by atoms with van der Waals surface area (Å²) >= 11 is 7.41. The molecule has 1 saturated heterocycles. The molecule has 2 aromatic rings. The number of carbonyl (C=O) groups is 1. The first-order chi connectivity index (χ1) is 10.6. The van der Waals surface area contributed by atoms with E-state index in [0.29, 0.717) is 25.6 Å². The average molecular weight is 342 g/mol. The highest BCUT2D eigenvalue weighted by atomic mass is 35.5. The van der Waals surface area contributed by atoms with Gasteiger partial charge in [-0.05, 0) is 25.0 Å². The molecular formula is C13H16ClN5O2S. The van der Waals surface area contributed by atoms with E-state index in [2.05, 4.69) is 20.5 Å². The number of halogens is 1. The Morgan fingerprint density at radius 3 is 2.91 bits per heavy atom. The van der Waals surface area contributed by atoms with Crippen LogP contribution in [0.4, 0.5) is 10.7 Å². The van der Waals surface area contributed by atoms with E-state index in [-0.39, 0.29) is 5.92 Å². The summed E-state index contributed by atoms with van der Waals surface area (Å²) in [5.74, 6) is 1.60. The summed E-state index contributed by atoms with van der Waals surface area (Å²) in [5.41, 5.74) is 0. The molecule has 0 unspecified atom stereocenters. The largest absolute Gasteiger partial charge is 0.465 e. The highest BCUT2D eigenvalue weighted by Crippen LogP contribution is 2.26. The molecule has 1 aliphatic rings. The third-order valence-corrected chi connectivity index (χ3v) is 4.94. The fraction of sp³-hybridized carbons (Fsp3) is 0.462. The zero-order valence-corrected chi connectivity index (χ0v) is 13.3. The van der Waals surface area contributed by atoms with Crippen LogP contribution in [-0.2, 0) is 6.54 Å². The van der Waals surface area contributed by atoms with Crippen molar-refractivity contribution in [1.82, 2.24) is 20.1 Å². The Bertz CT molecular complexity index is 650. The van der Waals surface area contributed by atoms with E-state index >= 15 is 0 Å². The van der Waals surface area contributed by atoms with Gasteiger partial charge in [-0.3, -0.25) is 5.10 Å². The molecule has 118 valence electrons. The lowest BCUT2D eigenvalue weighted by molar-refractivity contribution is 0.131. The number of amides is 1. The van der Waals surface area contributed by atoms with E-state index in [0.717, 1.165) is 27.9 Å². The van der Waals surface area contributed by atoms with Crippen LogP contribution in [0, 0.1) is 0 Å². The topological polar surface area (TPSA) is 94.1 Å². The fourth-order valence-electron chi connectivity index (χ4n) is 2.49. The second-order valence-electron chi connectivity index (χ2n) is 5.15. The molecule has 0 radical (unpaired) electrons. The van der Waals surface area contributed by atoms with Crippen molar-refractivity contribution in [2.45, 2.75) is 25.3 Å². The van der Waals surface area contributed by atoms with Gasteiger partial charge in [0, 0.05) is 23.9 Å². The van der Waals surface area contributed by atoms with E-state index in [9.17, 15) is 4.79 Å². The third kappa shape index (κ3) is 3.50. The Morgan fingerprint density at radius 1 is 1.50 bits per heavy atom. The minimum atomic E-state index is -0.854. The normalized spacial score (nSPS) is 16.0. The van der Waals surface area contributed by atoms with Gasteiger partial charge in [0.05, 0.1) is 10.9 Å². The Kier molecular flexibility index (Phi) is 4.49. The van der Waals surface area contributed by atoms with Crippen molar-refractivity contribution >= 4 is 35.0 Å². The number of hydrogen-bond donors (Lipinski definition) is 3. The first-order valence-corrected chi connectivity index (χ1v) is 8.19. The maximum absolute atomic E-state index is 10.9. The van der Waals surface area contributed by atoms with E-state index in [1.807, 2.05) is 12.1 Å². The molecule has 9 heteroatoms. The standard InChI is InChI=1S/C13H16ClN5O2S/c14-10-2-1-9(22-10)7-15-12-16-11(17-18-12)8-3-5-19(6-4-8)13(20)21/h1-2,8H,3-7H2,(H,20,21)(H2,15,16,17,18). The Hall–Kier alpha value is -1.80. The molecule has 1 fully saturated rings. The minimum absolute atomic E-state index is 0.231. The molecule has 0 atom stereocenters. The van der Waals surface area contributed by atoms with Crippen LogP contribution >= 0.6 is 22.9 Å². The maximum Gasteiger partial charge on any atom is 0.407 e. The second-order valence-corrected chi connectivity index (χ2v) is 6.95. The van der Waals surface area contributed by atoms with E-state index in [1.165, 1.54) is 16.2 Å². The van der Waals surface area contributed by atoms with E-state index in [1.54, 1.807) is 0 Å². The van der Waals surface area contributed by atoms with Crippen molar-refractivity contribution in [2.24, 2.45) is 0 Å². The van der Waals surface area contributed by atoms with Crippen LogP contribution in [0.3, 0.4) is 0 Å². The number of hydrogen-bond acceptors (Lipinski definition) is 5. The molecule has 3 heterocycles. The van der Waals surface area contributed by atoms with Crippen LogP contribution < -0.4 is 5.32 Å². The SMILES string of the molecule is O=C(O)N1CCC(c2nc(NCc3ccc(Cl)s3)n[nH]2)CC1. The Morgan fingerprint density at radius 2 is 2.27 bits per heavy atom. The first kappa shape index (κ1) is 15.1. The van der Waals surface area contributed by atoms with Gasteiger partial charge in [0.2, 0.25) is 5.95 Å². The number of piperidine rings is 1. The first-order valence-electron chi connectivity index (χ1n) is 7.00.